The van der Waals surface area contributed by atoms with Crippen molar-refractivity contribution < 1.29 is 4.39 Å². The molecule has 0 fully saturated rings. The van der Waals surface area contributed by atoms with Crippen molar-refractivity contribution in [3.05, 3.63) is 49.6 Å². The molecule has 0 atom stereocenters. The van der Waals surface area contributed by atoms with Crippen LogP contribution in [0, 0.1) is 19.7 Å². The summed E-state index contributed by atoms with van der Waals surface area (Å²) in [6, 6.07) is 4.72. The van der Waals surface area contributed by atoms with Gasteiger partial charge in [0.2, 0.25) is 0 Å². The van der Waals surface area contributed by atoms with Crippen LogP contribution < -0.4 is 5.32 Å². The zero-order chi connectivity index (χ0) is 13.1. The van der Waals surface area contributed by atoms with Gasteiger partial charge in [-0.15, -0.1) is 11.3 Å². The van der Waals surface area contributed by atoms with Gasteiger partial charge in [-0.05, 0) is 37.6 Å². The Morgan fingerprint density at radius 3 is 2.78 bits per heavy atom. The lowest BCUT2D eigenvalue weighted by Gasteiger charge is -2.06. The monoisotopic (exact) mass is 328 g/mol. The Bertz CT molecular complexity index is 554. The fraction of sp³-hybridized carbons (Fsp3) is 0.308. The van der Waals surface area contributed by atoms with Crippen LogP contribution >= 0.6 is 27.3 Å². The highest BCUT2D eigenvalue weighted by Crippen LogP contribution is 2.19. The van der Waals surface area contributed by atoms with Gasteiger partial charge in [-0.2, -0.15) is 0 Å². The lowest BCUT2D eigenvalue weighted by atomic mass is 10.2. The number of nitrogens with zero attached hydrogens (tertiary/aromatic N) is 1. The van der Waals surface area contributed by atoms with Gasteiger partial charge in [-0.25, -0.2) is 9.37 Å². The van der Waals surface area contributed by atoms with Gasteiger partial charge in [0.15, 0.2) is 0 Å². The molecule has 0 bridgehead atoms. The lowest BCUT2D eigenvalue weighted by Crippen LogP contribution is -2.13. The molecule has 0 aliphatic heterocycles. The van der Waals surface area contributed by atoms with Crippen LogP contribution in [0.3, 0.4) is 0 Å². The largest absolute Gasteiger partial charge is 0.308 e. The van der Waals surface area contributed by atoms with Crippen molar-refractivity contribution >= 4 is 27.3 Å². The second-order valence-electron chi connectivity index (χ2n) is 4.08. The fourth-order valence-corrected chi connectivity index (χ4v) is 3.02. The standard InChI is InChI=1S/C13H14BrFN2S/c1-8-13(18-9(2)17-8)7-16-6-10-5-11(15)3-4-12(10)14/h3-5,16H,6-7H2,1-2H3. The van der Waals surface area contributed by atoms with E-state index < -0.39 is 0 Å². The van der Waals surface area contributed by atoms with Crippen molar-refractivity contribution in [1.29, 1.82) is 0 Å². The van der Waals surface area contributed by atoms with Crippen molar-refractivity contribution in [2.45, 2.75) is 26.9 Å². The van der Waals surface area contributed by atoms with Crippen molar-refractivity contribution in [1.82, 2.24) is 10.3 Å². The molecular formula is C13H14BrFN2S. The van der Waals surface area contributed by atoms with E-state index >= 15 is 0 Å². The molecule has 1 heterocycles. The molecule has 0 radical (unpaired) electrons. The molecule has 2 aromatic rings. The zero-order valence-electron chi connectivity index (χ0n) is 10.3. The summed E-state index contributed by atoms with van der Waals surface area (Å²) in [6.07, 6.45) is 0. The number of thiazole rings is 1. The smallest absolute Gasteiger partial charge is 0.123 e. The average Bonchev–Trinajstić information content (AvgIpc) is 2.62. The number of hydrogen-bond acceptors (Lipinski definition) is 3. The Balaban J connectivity index is 1.96. The predicted molar refractivity (Wildman–Crippen MR) is 76.2 cm³/mol. The maximum Gasteiger partial charge on any atom is 0.123 e. The van der Waals surface area contributed by atoms with Crippen LogP contribution in [0.4, 0.5) is 4.39 Å². The molecule has 0 aliphatic carbocycles. The molecule has 0 unspecified atom stereocenters. The first-order valence-corrected chi connectivity index (χ1v) is 7.25. The third-order valence-corrected chi connectivity index (χ3v) is 4.45. The average molecular weight is 329 g/mol. The first-order chi connectivity index (χ1) is 8.56. The minimum absolute atomic E-state index is 0.209. The molecule has 96 valence electrons. The first kappa shape index (κ1) is 13.6. The molecule has 1 aromatic heterocycles. The second kappa shape index (κ2) is 5.91. The molecule has 1 N–H and O–H groups in total. The van der Waals surface area contributed by atoms with E-state index in [1.165, 1.54) is 10.9 Å². The van der Waals surface area contributed by atoms with Crippen LogP contribution in [-0.4, -0.2) is 4.98 Å². The van der Waals surface area contributed by atoms with Crippen molar-refractivity contribution in [3.63, 3.8) is 0 Å². The molecule has 2 rings (SSSR count). The summed E-state index contributed by atoms with van der Waals surface area (Å²) in [4.78, 5) is 5.61. The van der Waals surface area contributed by atoms with Crippen molar-refractivity contribution in [2.75, 3.05) is 0 Å². The molecule has 5 heteroatoms. The Hall–Kier alpha value is -0.780. The minimum atomic E-state index is -0.209. The summed E-state index contributed by atoms with van der Waals surface area (Å²) in [5.74, 6) is -0.209. The summed E-state index contributed by atoms with van der Waals surface area (Å²) in [7, 11) is 0. The van der Waals surface area contributed by atoms with Gasteiger partial charge < -0.3 is 5.32 Å². The Morgan fingerprint density at radius 1 is 1.33 bits per heavy atom. The van der Waals surface area contributed by atoms with E-state index in [9.17, 15) is 4.39 Å². The van der Waals surface area contributed by atoms with Crippen molar-refractivity contribution in [3.8, 4) is 0 Å². The summed E-state index contributed by atoms with van der Waals surface area (Å²) in [5, 5.41) is 4.39. The maximum absolute atomic E-state index is 13.1. The molecule has 0 aliphatic rings. The van der Waals surface area contributed by atoms with E-state index in [1.807, 2.05) is 13.8 Å². The fourth-order valence-electron chi connectivity index (χ4n) is 1.73. The number of aromatic nitrogens is 1. The van der Waals surface area contributed by atoms with Crippen LogP contribution in [0.1, 0.15) is 21.1 Å². The van der Waals surface area contributed by atoms with Crippen LogP contribution in [-0.2, 0) is 13.1 Å². The highest BCUT2D eigenvalue weighted by molar-refractivity contribution is 9.10. The summed E-state index contributed by atoms with van der Waals surface area (Å²) < 4.78 is 14.0. The van der Waals surface area contributed by atoms with E-state index in [0.717, 1.165) is 27.3 Å². The first-order valence-electron chi connectivity index (χ1n) is 5.64. The zero-order valence-corrected chi connectivity index (χ0v) is 12.7. The molecule has 0 amide bonds. The SMILES string of the molecule is Cc1nc(C)c(CNCc2cc(F)ccc2Br)s1. The topological polar surface area (TPSA) is 24.9 Å². The summed E-state index contributed by atoms with van der Waals surface area (Å²) >= 11 is 5.12. The molecule has 0 saturated heterocycles. The second-order valence-corrected chi connectivity index (χ2v) is 6.22. The molecule has 2 nitrogen and oxygen atoms in total. The van der Waals surface area contributed by atoms with E-state index in [0.29, 0.717) is 6.54 Å². The van der Waals surface area contributed by atoms with Gasteiger partial charge in [0, 0.05) is 22.4 Å². The number of hydrogen-bond donors (Lipinski definition) is 1. The highest BCUT2D eigenvalue weighted by atomic mass is 79.9. The quantitative estimate of drug-likeness (QED) is 0.919. The molecule has 1 aromatic carbocycles. The Morgan fingerprint density at radius 2 is 2.11 bits per heavy atom. The molecule has 0 saturated carbocycles. The number of benzene rings is 1. The Labute approximate surface area is 118 Å². The van der Waals surface area contributed by atoms with Crippen LogP contribution in [0.15, 0.2) is 22.7 Å². The Kier molecular flexibility index (Phi) is 4.48. The number of aryl methyl sites for hydroxylation is 2. The third kappa shape index (κ3) is 3.37. The van der Waals surface area contributed by atoms with E-state index in [2.05, 4.69) is 26.2 Å². The van der Waals surface area contributed by atoms with Crippen molar-refractivity contribution in [2.24, 2.45) is 0 Å². The summed E-state index contributed by atoms with van der Waals surface area (Å²) in [6.45, 7) is 5.41. The van der Waals surface area contributed by atoms with E-state index in [-0.39, 0.29) is 5.82 Å². The van der Waals surface area contributed by atoms with Gasteiger partial charge in [0.1, 0.15) is 5.82 Å². The van der Waals surface area contributed by atoms with Crippen LogP contribution in [0.2, 0.25) is 0 Å². The normalized spacial score (nSPS) is 10.9. The van der Waals surface area contributed by atoms with E-state index in [1.54, 1.807) is 23.5 Å². The lowest BCUT2D eigenvalue weighted by molar-refractivity contribution is 0.619. The molecule has 0 spiro atoms. The molecule has 18 heavy (non-hydrogen) atoms. The van der Waals surface area contributed by atoms with E-state index in [4.69, 9.17) is 0 Å². The van der Waals surface area contributed by atoms with Crippen LogP contribution in [0.25, 0.3) is 0 Å². The number of rotatable bonds is 4. The number of nitrogens with one attached hydrogen (secondary N) is 1. The van der Waals surface area contributed by atoms with Gasteiger partial charge in [0.25, 0.3) is 0 Å². The predicted octanol–water partition coefficient (Wildman–Crippen LogP) is 3.95. The van der Waals surface area contributed by atoms with Crippen LogP contribution in [0.5, 0.6) is 0 Å². The van der Waals surface area contributed by atoms with Gasteiger partial charge >= 0.3 is 0 Å². The summed E-state index contributed by atoms with van der Waals surface area (Å²) in [5.41, 5.74) is 2.00. The highest BCUT2D eigenvalue weighted by Gasteiger charge is 2.05. The minimum Gasteiger partial charge on any atom is -0.308 e. The molecular weight excluding hydrogens is 315 g/mol. The maximum atomic E-state index is 13.1. The number of halogens is 2. The third-order valence-electron chi connectivity index (χ3n) is 2.61. The van der Waals surface area contributed by atoms with Gasteiger partial charge in [-0.3, -0.25) is 0 Å². The van der Waals surface area contributed by atoms with Gasteiger partial charge in [0.05, 0.1) is 10.7 Å². The van der Waals surface area contributed by atoms with Gasteiger partial charge in [-0.1, -0.05) is 15.9 Å².